The van der Waals surface area contributed by atoms with Gasteiger partial charge in [-0.3, -0.25) is 0 Å². The van der Waals surface area contributed by atoms with Crippen LogP contribution in [0.25, 0.3) is 0 Å². The van der Waals surface area contributed by atoms with Gasteiger partial charge in [0.25, 0.3) is 5.19 Å². The number of hydrogen-bond donors (Lipinski definition) is 1. The molecule has 0 radical (unpaired) electrons. The summed E-state index contributed by atoms with van der Waals surface area (Å²) in [5.41, 5.74) is 0. The molecule has 0 atom stereocenters. The highest BCUT2D eigenvalue weighted by Crippen LogP contribution is 2.28. The molecule has 0 amide bonds. The van der Waals surface area contributed by atoms with E-state index in [1.54, 1.807) is 0 Å². The van der Waals surface area contributed by atoms with Gasteiger partial charge in [-0.15, -0.1) is 6.42 Å². The molecule has 0 saturated carbocycles. The third kappa shape index (κ3) is 2.34. The molecule has 1 N–H and O–H groups in total. The van der Waals surface area contributed by atoms with E-state index in [4.69, 9.17) is 27.9 Å². The number of ether oxygens (including phenoxy) is 1. The summed E-state index contributed by atoms with van der Waals surface area (Å²) >= 11 is 6.35. The Morgan fingerprint density at radius 2 is 2.54 bits per heavy atom. The van der Waals surface area contributed by atoms with Crippen LogP contribution in [-0.4, -0.2) is 22.7 Å². The minimum Gasteiger partial charge on any atom is -0.477 e. The van der Waals surface area contributed by atoms with Crippen molar-refractivity contribution >= 4 is 28.9 Å². The number of carboxylic acid groups (broad SMARTS) is 1. The van der Waals surface area contributed by atoms with E-state index in [1.165, 1.54) is 0 Å². The second-order valence-electron chi connectivity index (χ2n) is 1.90. The minimum absolute atomic E-state index is 0.0445. The normalized spacial score (nSPS) is 9.23. The lowest BCUT2D eigenvalue weighted by Gasteiger charge is -1.91. The summed E-state index contributed by atoms with van der Waals surface area (Å²) in [6.45, 7) is 0.0445. The second-order valence-corrected chi connectivity index (χ2v) is 3.22. The molecule has 0 aromatic carbocycles. The first-order valence-corrected chi connectivity index (χ1v) is 4.30. The van der Waals surface area contributed by atoms with Crippen molar-refractivity contribution in [3.8, 4) is 17.5 Å². The van der Waals surface area contributed by atoms with Crippen LogP contribution in [0.5, 0.6) is 5.19 Å². The Kier molecular flexibility index (Phi) is 3.12. The van der Waals surface area contributed by atoms with E-state index in [1.807, 2.05) is 0 Å². The van der Waals surface area contributed by atoms with Crippen molar-refractivity contribution in [1.82, 2.24) is 4.98 Å². The molecule has 13 heavy (non-hydrogen) atoms. The zero-order chi connectivity index (χ0) is 9.84. The predicted octanol–water partition coefficient (Wildman–Crippen LogP) is 1.51. The molecule has 0 saturated heterocycles. The summed E-state index contributed by atoms with van der Waals surface area (Å²) in [5.74, 6) is 1.10. The average molecular weight is 218 g/mol. The Morgan fingerprint density at radius 3 is 3.00 bits per heavy atom. The van der Waals surface area contributed by atoms with Crippen LogP contribution in [0.3, 0.4) is 0 Å². The molecule has 0 aliphatic carbocycles. The van der Waals surface area contributed by atoms with Crippen LogP contribution in [-0.2, 0) is 0 Å². The highest BCUT2D eigenvalue weighted by atomic mass is 35.5. The number of carboxylic acids is 1. The van der Waals surface area contributed by atoms with Crippen molar-refractivity contribution in [3.05, 3.63) is 10.0 Å². The number of thiazole rings is 1. The Hall–Kier alpha value is -1.25. The average Bonchev–Trinajstić information content (AvgIpc) is 2.43. The lowest BCUT2D eigenvalue weighted by atomic mass is 10.6. The Labute approximate surface area is 83.1 Å². The maximum Gasteiger partial charge on any atom is 0.349 e. The van der Waals surface area contributed by atoms with Crippen LogP contribution in [0, 0.1) is 12.3 Å². The van der Waals surface area contributed by atoms with Crippen molar-refractivity contribution in [2.75, 3.05) is 6.61 Å². The molecular formula is C7H4ClNO3S. The molecule has 0 spiro atoms. The SMILES string of the molecule is C#CCOc1nc(Cl)c(C(=O)O)s1. The van der Waals surface area contributed by atoms with Crippen LogP contribution >= 0.6 is 22.9 Å². The van der Waals surface area contributed by atoms with Gasteiger partial charge in [-0.05, 0) is 0 Å². The van der Waals surface area contributed by atoms with Gasteiger partial charge in [0, 0.05) is 0 Å². The van der Waals surface area contributed by atoms with Gasteiger partial charge < -0.3 is 9.84 Å². The zero-order valence-electron chi connectivity index (χ0n) is 6.28. The fourth-order valence-corrected chi connectivity index (χ4v) is 1.55. The fourth-order valence-electron chi connectivity index (χ4n) is 0.580. The van der Waals surface area contributed by atoms with E-state index < -0.39 is 5.97 Å². The topological polar surface area (TPSA) is 59.4 Å². The summed E-state index contributed by atoms with van der Waals surface area (Å²) in [6, 6.07) is 0. The second kappa shape index (κ2) is 4.12. The van der Waals surface area contributed by atoms with Crippen LogP contribution in [0.2, 0.25) is 5.15 Å². The molecule has 0 bridgehead atoms. The zero-order valence-corrected chi connectivity index (χ0v) is 7.85. The number of carbonyl (C=O) groups is 1. The molecule has 1 aromatic heterocycles. The molecule has 0 unspecified atom stereocenters. The fraction of sp³-hybridized carbons (Fsp3) is 0.143. The largest absolute Gasteiger partial charge is 0.477 e. The number of halogens is 1. The van der Waals surface area contributed by atoms with Gasteiger partial charge in [0.15, 0.2) is 16.6 Å². The molecule has 1 aromatic rings. The van der Waals surface area contributed by atoms with Gasteiger partial charge in [-0.2, -0.15) is 4.98 Å². The van der Waals surface area contributed by atoms with Gasteiger partial charge in [0.05, 0.1) is 0 Å². The van der Waals surface area contributed by atoms with E-state index in [-0.39, 0.29) is 21.8 Å². The smallest absolute Gasteiger partial charge is 0.349 e. The van der Waals surface area contributed by atoms with Crippen LogP contribution in [0.15, 0.2) is 0 Å². The molecule has 4 nitrogen and oxygen atoms in total. The molecule has 68 valence electrons. The highest BCUT2D eigenvalue weighted by molar-refractivity contribution is 7.15. The Bertz CT molecular complexity index is 368. The summed E-state index contributed by atoms with van der Waals surface area (Å²) in [4.78, 5) is 14.1. The van der Waals surface area contributed by atoms with Gasteiger partial charge in [0.2, 0.25) is 0 Å². The molecular weight excluding hydrogens is 214 g/mol. The number of aromatic carboxylic acids is 1. The number of hydrogen-bond acceptors (Lipinski definition) is 4. The predicted molar refractivity (Wildman–Crippen MR) is 48.4 cm³/mol. The van der Waals surface area contributed by atoms with Gasteiger partial charge in [0.1, 0.15) is 0 Å². The highest BCUT2D eigenvalue weighted by Gasteiger charge is 2.15. The standard InChI is InChI=1S/C7H4ClNO3S/c1-2-3-12-7-9-5(8)4(13-7)6(10)11/h1H,3H2,(H,10,11). The van der Waals surface area contributed by atoms with E-state index >= 15 is 0 Å². The van der Waals surface area contributed by atoms with E-state index in [0.717, 1.165) is 11.3 Å². The lowest BCUT2D eigenvalue weighted by Crippen LogP contribution is -1.91. The molecule has 1 rings (SSSR count). The monoisotopic (exact) mass is 217 g/mol. The lowest BCUT2D eigenvalue weighted by molar-refractivity contribution is 0.0702. The van der Waals surface area contributed by atoms with Crippen LogP contribution in [0.4, 0.5) is 0 Å². The number of terminal acetylenes is 1. The van der Waals surface area contributed by atoms with E-state index in [9.17, 15) is 4.79 Å². The summed E-state index contributed by atoms with van der Waals surface area (Å²) < 4.78 is 4.89. The van der Waals surface area contributed by atoms with Gasteiger partial charge in [-0.1, -0.05) is 28.9 Å². The number of rotatable bonds is 3. The van der Waals surface area contributed by atoms with Crippen molar-refractivity contribution in [2.45, 2.75) is 0 Å². The summed E-state index contributed by atoms with van der Waals surface area (Å²) in [5, 5.41) is 8.68. The first-order chi connectivity index (χ1) is 6.15. The molecule has 0 aliphatic heterocycles. The van der Waals surface area contributed by atoms with Gasteiger partial charge in [-0.25, -0.2) is 4.79 Å². The summed E-state index contributed by atoms with van der Waals surface area (Å²) in [6.07, 6.45) is 4.93. The third-order valence-corrected chi connectivity index (χ3v) is 2.38. The Morgan fingerprint density at radius 1 is 1.85 bits per heavy atom. The number of aromatic nitrogens is 1. The first kappa shape index (κ1) is 9.84. The van der Waals surface area contributed by atoms with Gasteiger partial charge >= 0.3 is 5.97 Å². The summed E-state index contributed by atoms with van der Waals surface area (Å²) in [7, 11) is 0. The van der Waals surface area contributed by atoms with Crippen LogP contribution in [0.1, 0.15) is 9.67 Å². The van der Waals surface area contributed by atoms with E-state index in [0.29, 0.717) is 0 Å². The van der Waals surface area contributed by atoms with Crippen LogP contribution < -0.4 is 4.74 Å². The quantitative estimate of drug-likeness (QED) is 0.780. The van der Waals surface area contributed by atoms with Crippen molar-refractivity contribution in [3.63, 3.8) is 0 Å². The molecule has 1 heterocycles. The van der Waals surface area contributed by atoms with E-state index in [2.05, 4.69) is 10.9 Å². The first-order valence-electron chi connectivity index (χ1n) is 3.11. The molecule has 6 heteroatoms. The number of nitrogens with zero attached hydrogens (tertiary/aromatic N) is 1. The molecule has 0 fully saturated rings. The molecule has 0 aliphatic rings. The maximum absolute atomic E-state index is 10.5. The maximum atomic E-state index is 10.5. The van der Waals surface area contributed by atoms with Crippen molar-refractivity contribution in [1.29, 1.82) is 0 Å². The van der Waals surface area contributed by atoms with Crippen molar-refractivity contribution in [2.24, 2.45) is 0 Å². The Balaban J connectivity index is 2.84. The van der Waals surface area contributed by atoms with Crippen molar-refractivity contribution < 1.29 is 14.6 Å². The third-order valence-electron chi connectivity index (χ3n) is 1.04. The minimum atomic E-state index is -1.13.